The zero-order valence-corrected chi connectivity index (χ0v) is 14.4. The van der Waals surface area contributed by atoms with Gasteiger partial charge in [0.25, 0.3) is 0 Å². The van der Waals surface area contributed by atoms with Crippen molar-refractivity contribution in [3.05, 3.63) is 0 Å². The van der Waals surface area contributed by atoms with Crippen LogP contribution in [0.4, 0.5) is 0 Å². The third-order valence-electron chi connectivity index (χ3n) is 6.11. The first-order chi connectivity index (χ1) is 9.56. The van der Waals surface area contributed by atoms with Gasteiger partial charge in [0, 0.05) is 31.2 Å². The molecule has 0 aromatic heterocycles. The van der Waals surface area contributed by atoms with Crippen molar-refractivity contribution in [2.24, 2.45) is 17.8 Å². The van der Waals surface area contributed by atoms with Gasteiger partial charge in [-0.3, -0.25) is 4.90 Å². The number of piperazine rings is 1. The molecule has 2 aliphatic rings. The molecular formula is C18H36N2. The maximum atomic E-state index is 3.82. The molecule has 20 heavy (non-hydrogen) atoms. The summed E-state index contributed by atoms with van der Waals surface area (Å²) >= 11 is 0. The van der Waals surface area contributed by atoms with Gasteiger partial charge in [0.15, 0.2) is 0 Å². The largest absolute Gasteiger partial charge is 0.311 e. The highest BCUT2D eigenvalue weighted by Crippen LogP contribution is 2.34. The van der Waals surface area contributed by atoms with Crippen LogP contribution in [0.5, 0.6) is 0 Å². The van der Waals surface area contributed by atoms with Crippen LogP contribution in [0.15, 0.2) is 0 Å². The molecule has 6 unspecified atom stereocenters. The minimum absolute atomic E-state index is 0.703. The van der Waals surface area contributed by atoms with E-state index in [1.165, 1.54) is 45.2 Å². The van der Waals surface area contributed by atoms with Crippen LogP contribution in [0.2, 0.25) is 0 Å². The van der Waals surface area contributed by atoms with Crippen molar-refractivity contribution in [2.45, 2.75) is 84.8 Å². The number of nitrogens with zero attached hydrogens (tertiary/aromatic N) is 1. The Balaban J connectivity index is 2.04. The average molecular weight is 280 g/mol. The van der Waals surface area contributed by atoms with E-state index in [9.17, 15) is 0 Å². The summed E-state index contributed by atoms with van der Waals surface area (Å²) < 4.78 is 0. The van der Waals surface area contributed by atoms with Gasteiger partial charge in [0.2, 0.25) is 0 Å². The summed E-state index contributed by atoms with van der Waals surface area (Å²) in [5.74, 6) is 2.62. The molecule has 0 aromatic carbocycles. The normalized spacial score (nSPS) is 41.5. The number of hydrogen-bond donors (Lipinski definition) is 1. The fourth-order valence-corrected chi connectivity index (χ4v) is 4.44. The molecule has 118 valence electrons. The Morgan fingerprint density at radius 2 is 1.95 bits per heavy atom. The Morgan fingerprint density at radius 1 is 1.20 bits per heavy atom. The van der Waals surface area contributed by atoms with Crippen molar-refractivity contribution in [2.75, 3.05) is 13.1 Å². The smallest absolute Gasteiger partial charge is 0.0221 e. The highest BCUT2D eigenvalue weighted by Gasteiger charge is 2.37. The highest BCUT2D eigenvalue weighted by molar-refractivity contribution is 4.94. The highest BCUT2D eigenvalue weighted by atomic mass is 15.3. The Kier molecular flexibility index (Phi) is 5.92. The van der Waals surface area contributed by atoms with Gasteiger partial charge in [-0.15, -0.1) is 0 Å². The molecule has 1 aliphatic heterocycles. The van der Waals surface area contributed by atoms with Crippen molar-refractivity contribution in [1.29, 1.82) is 0 Å². The molecule has 0 bridgehead atoms. The number of rotatable bonds is 4. The third-order valence-corrected chi connectivity index (χ3v) is 6.11. The first kappa shape index (κ1) is 16.3. The summed E-state index contributed by atoms with van der Waals surface area (Å²) in [4.78, 5) is 2.89. The van der Waals surface area contributed by atoms with Crippen molar-refractivity contribution in [1.82, 2.24) is 10.2 Å². The molecule has 0 radical (unpaired) electrons. The molecule has 1 N–H and O–H groups in total. The van der Waals surface area contributed by atoms with E-state index in [2.05, 4.69) is 44.8 Å². The van der Waals surface area contributed by atoms with E-state index in [0.29, 0.717) is 6.04 Å². The Morgan fingerprint density at radius 3 is 2.55 bits per heavy atom. The second kappa shape index (κ2) is 7.26. The lowest BCUT2D eigenvalue weighted by Crippen LogP contribution is -2.62. The second-order valence-corrected chi connectivity index (χ2v) is 7.62. The standard InChI is InChI=1S/C18H36N2/c1-6-14(4)17-12-20(16(7-2)11-19-17)18-9-8-13(3)10-15(18)5/h13-19H,6-12H2,1-5H3. The van der Waals surface area contributed by atoms with E-state index in [0.717, 1.165) is 29.8 Å². The summed E-state index contributed by atoms with van der Waals surface area (Å²) in [5, 5.41) is 3.82. The van der Waals surface area contributed by atoms with Crippen LogP contribution in [0, 0.1) is 17.8 Å². The summed E-state index contributed by atoms with van der Waals surface area (Å²) in [5.41, 5.74) is 0. The third kappa shape index (κ3) is 3.57. The van der Waals surface area contributed by atoms with Gasteiger partial charge in [-0.05, 0) is 43.4 Å². The van der Waals surface area contributed by atoms with E-state index in [4.69, 9.17) is 0 Å². The fourth-order valence-electron chi connectivity index (χ4n) is 4.44. The first-order valence-corrected chi connectivity index (χ1v) is 9.05. The van der Waals surface area contributed by atoms with E-state index in [1.54, 1.807) is 0 Å². The van der Waals surface area contributed by atoms with Crippen LogP contribution in [-0.4, -0.2) is 36.1 Å². The van der Waals surface area contributed by atoms with E-state index in [1.807, 2.05) is 0 Å². The maximum Gasteiger partial charge on any atom is 0.0221 e. The van der Waals surface area contributed by atoms with Crippen LogP contribution in [0.25, 0.3) is 0 Å². The van der Waals surface area contributed by atoms with E-state index < -0.39 is 0 Å². The fraction of sp³-hybridized carbons (Fsp3) is 1.00. The van der Waals surface area contributed by atoms with Crippen LogP contribution in [0.1, 0.15) is 66.7 Å². The van der Waals surface area contributed by atoms with Crippen molar-refractivity contribution < 1.29 is 0 Å². The summed E-state index contributed by atoms with van der Waals surface area (Å²) in [7, 11) is 0. The second-order valence-electron chi connectivity index (χ2n) is 7.62. The molecule has 2 heteroatoms. The topological polar surface area (TPSA) is 15.3 Å². The lowest BCUT2D eigenvalue weighted by molar-refractivity contribution is 0.0157. The molecule has 1 saturated heterocycles. The van der Waals surface area contributed by atoms with Gasteiger partial charge >= 0.3 is 0 Å². The van der Waals surface area contributed by atoms with E-state index >= 15 is 0 Å². The zero-order chi connectivity index (χ0) is 14.7. The van der Waals surface area contributed by atoms with Gasteiger partial charge in [-0.2, -0.15) is 0 Å². The minimum Gasteiger partial charge on any atom is -0.311 e. The molecule has 0 aromatic rings. The quantitative estimate of drug-likeness (QED) is 0.840. The van der Waals surface area contributed by atoms with Gasteiger partial charge < -0.3 is 5.32 Å². The SMILES string of the molecule is CCC(C)C1CN(C2CCC(C)CC2C)C(CC)CN1. The average Bonchev–Trinajstić information content (AvgIpc) is 2.46. The first-order valence-electron chi connectivity index (χ1n) is 9.05. The van der Waals surface area contributed by atoms with Crippen LogP contribution >= 0.6 is 0 Å². The lowest BCUT2D eigenvalue weighted by atomic mass is 9.78. The molecule has 1 saturated carbocycles. The summed E-state index contributed by atoms with van der Waals surface area (Å²) in [6.45, 7) is 14.5. The van der Waals surface area contributed by atoms with Crippen molar-refractivity contribution in [3.63, 3.8) is 0 Å². The Bertz CT molecular complexity index is 291. The molecule has 0 amide bonds. The molecule has 0 spiro atoms. The van der Waals surface area contributed by atoms with Crippen LogP contribution < -0.4 is 5.32 Å². The molecule has 1 aliphatic carbocycles. The van der Waals surface area contributed by atoms with Crippen LogP contribution in [0.3, 0.4) is 0 Å². The number of nitrogens with one attached hydrogen (secondary N) is 1. The molecular weight excluding hydrogens is 244 g/mol. The van der Waals surface area contributed by atoms with Gasteiger partial charge in [-0.1, -0.05) is 41.0 Å². The summed E-state index contributed by atoms with van der Waals surface area (Å²) in [6.07, 6.45) is 6.87. The van der Waals surface area contributed by atoms with Gasteiger partial charge in [-0.25, -0.2) is 0 Å². The Labute approximate surface area is 126 Å². The minimum atomic E-state index is 0.703. The summed E-state index contributed by atoms with van der Waals surface area (Å²) in [6, 6.07) is 2.30. The van der Waals surface area contributed by atoms with Crippen molar-refractivity contribution in [3.8, 4) is 0 Å². The van der Waals surface area contributed by atoms with Crippen LogP contribution in [-0.2, 0) is 0 Å². The van der Waals surface area contributed by atoms with Gasteiger partial charge in [0.05, 0.1) is 0 Å². The predicted octanol–water partition coefficient (Wildman–Crippen LogP) is 3.91. The molecule has 6 atom stereocenters. The molecule has 2 fully saturated rings. The Hall–Kier alpha value is -0.0800. The maximum absolute atomic E-state index is 3.82. The number of hydrogen-bond acceptors (Lipinski definition) is 2. The molecule has 1 heterocycles. The lowest BCUT2D eigenvalue weighted by Gasteiger charge is -2.49. The zero-order valence-electron chi connectivity index (χ0n) is 14.4. The van der Waals surface area contributed by atoms with Crippen molar-refractivity contribution >= 4 is 0 Å². The molecule has 2 nitrogen and oxygen atoms in total. The van der Waals surface area contributed by atoms with Gasteiger partial charge in [0.1, 0.15) is 0 Å². The molecule has 2 rings (SSSR count). The monoisotopic (exact) mass is 280 g/mol. The van der Waals surface area contributed by atoms with E-state index in [-0.39, 0.29) is 0 Å². The predicted molar refractivity (Wildman–Crippen MR) is 88.0 cm³/mol.